The number of hydrogen-bond donors (Lipinski definition) is 1. The number of fused-ring (bicyclic) bond motifs is 1. The molecule has 0 unspecified atom stereocenters. The maximum Gasteiger partial charge on any atom is 0.275 e. The minimum absolute atomic E-state index is 0.0616. The van der Waals surface area contributed by atoms with Crippen LogP contribution in [-0.2, 0) is 11.3 Å². The van der Waals surface area contributed by atoms with E-state index in [2.05, 4.69) is 15.3 Å². The van der Waals surface area contributed by atoms with E-state index in [1.54, 1.807) is 6.07 Å². The topological polar surface area (TPSA) is 67.2 Å². The molecule has 2 aromatic rings. The molecule has 1 aromatic heterocycles. The molecular formula is C19H26N4O2. The molecule has 0 atom stereocenters. The number of benzene rings is 1. The lowest BCUT2D eigenvalue weighted by molar-refractivity contribution is -0.123. The van der Waals surface area contributed by atoms with E-state index in [1.807, 2.05) is 39.0 Å². The number of nitrogens with zero attached hydrogens (tertiary/aromatic N) is 3. The van der Waals surface area contributed by atoms with Gasteiger partial charge in [-0.25, -0.2) is 4.68 Å². The summed E-state index contributed by atoms with van der Waals surface area (Å²) < 4.78 is 1.26. The molecule has 6 nitrogen and oxygen atoms in total. The molecule has 0 saturated carbocycles. The molecule has 1 N–H and O–H groups in total. The maximum atomic E-state index is 12.6. The fourth-order valence-corrected chi connectivity index (χ4v) is 3.60. The lowest BCUT2D eigenvalue weighted by atomic mass is 10.1. The summed E-state index contributed by atoms with van der Waals surface area (Å²) in [6.45, 7) is 8.82. The highest BCUT2D eigenvalue weighted by molar-refractivity contribution is 5.83. The van der Waals surface area contributed by atoms with Crippen molar-refractivity contribution in [2.24, 2.45) is 0 Å². The summed E-state index contributed by atoms with van der Waals surface area (Å²) in [5, 5.41) is 8.78. The van der Waals surface area contributed by atoms with E-state index in [0.29, 0.717) is 5.39 Å². The van der Waals surface area contributed by atoms with Gasteiger partial charge in [0.05, 0.1) is 11.1 Å². The molecule has 1 aliphatic heterocycles. The Morgan fingerprint density at radius 1 is 1.20 bits per heavy atom. The largest absolute Gasteiger partial charge is 0.348 e. The standard InChI is InChI=1S/C19H26N4O2/c1-14-15-8-4-5-9-16(15)18(25)23(21-14)12-17(24)20-19(2,3)13-22-10-6-7-11-22/h4-5,8-9H,6-7,10-13H2,1-3H3,(H,20,24). The number of carbonyl (C=O) groups is 1. The van der Waals surface area contributed by atoms with Crippen LogP contribution in [0.1, 0.15) is 32.4 Å². The molecule has 1 saturated heterocycles. The Hall–Kier alpha value is -2.21. The van der Waals surface area contributed by atoms with Gasteiger partial charge in [-0.3, -0.25) is 9.59 Å². The van der Waals surface area contributed by atoms with Crippen LogP contribution in [0.15, 0.2) is 29.1 Å². The zero-order valence-corrected chi connectivity index (χ0v) is 15.2. The van der Waals surface area contributed by atoms with Crippen LogP contribution in [0.5, 0.6) is 0 Å². The van der Waals surface area contributed by atoms with Crippen LogP contribution < -0.4 is 10.9 Å². The lowest BCUT2D eigenvalue weighted by Crippen LogP contribution is -2.52. The van der Waals surface area contributed by atoms with Gasteiger partial charge in [0.25, 0.3) is 5.56 Å². The molecule has 0 aliphatic carbocycles. The molecule has 1 aromatic carbocycles. The number of amides is 1. The van der Waals surface area contributed by atoms with Crippen molar-refractivity contribution in [2.75, 3.05) is 19.6 Å². The highest BCUT2D eigenvalue weighted by Gasteiger charge is 2.25. The van der Waals surface area contributed by atoms with Crippen molar-refractivity contribution in [3.63, 3.8) is 0 Å². The van der Waals surface area contributed by atoms with Crippen LogP contribution in [0.3, 0.4) is 0 Å². The van der Waals surface area contributed by atoms with Crippen molar-refractivity contribution in [3.8, 4) is 0 Å². The SMILES string of the molecule is Cc1nn(CC(=O)NC(C)(C)CN2CCCC2)c(=O)c2ccccc12. The van der Waals surface area contributed by atoms with E-state index >= 15 is 0 Å². The van der Waals surface area contributed by atoms with E-state index < -0.39 is 0 Å². The van der Waals surface area contributed by atoms with Crippen LogP contribution in [-0.4, -0.2) is 45.8 Å². The van der Waals surface area contributed by atoms with Crippen molar-refractivity contribution in [1.29, 1.82) is 0 Å². The van der Waals surface area contributed by atoms with Crippen molar-refractivity contribution in [2.45, 2.75) is 45.7 Å². The summed E-state index contributed by atoms with van der Waals surface area (Å²) in [5.41, 5.74) is 0.185. The summed E-state index contributed by atoms with van der Waals surface area (Å²) in [6, 6.07) is 7.36. The van der Waals surface area contributed by atoms with Gasteiger partial charge in [0, 0.05) is 17.5 Å². The molecule has 25 heavy (non-hydrogen) atoms. The smallest absolute Gasteiger partial charge is 0.275 e. The van der Waals surface area contributed by atoms with E-state index in [0.717, 1.165) is 30.7 Å². The Bertz CT molecular complexity index is 835. The number of carbonyl (C=O) groups excluding carboxylic acids is 1. The normalized spacial score (nSPS) is 15.6. The summed E-state index contributed by atoms with van der Waals surface area (Å²) in [5.74, 6) is -0.187. The fraction of sp³-hybridized carbons (Fsp3) is 0.526. The number of aromatic nitrogens is 2. The van der Waals surface area contributed by atoms with Gasteiger partial charge in [0.2, 0.25) is 5.91 Å². The van der Waals surface area contributed by atoms with Crippen LogP contribution in [0.4, 0.5) is 0 Å². The Labute approximate surface area is 147 Å². The number of rotatable bonds is 5. The van der Waals surface area contributed by atoms with Crippen LogP contribution in [0.25, 0.3) is 10.8 Å². The third-order valence-electron chi connectivity index (χ3n) is 4.64. The highest BCUT2D eigenvalue weighted by Crippen LogP contribution is 2.14. The average Bonchev–Trinajstić information content (AvgIpc) is 3.04. The number of aryl methyl sites for hydroxylation is 1. The van der Waals surface area contributed by atoms with Crippen molar-refractivity contribution < 1.29 is 4.79 Å². The Kier molecular flexibility index (Phi) is 4.90. The zero-order chi connectivity index (χ0) is 18.0. The lowest BCUT2D eigenvalue weighted by Gasteiger charge is -2.31. The second-order valence-corrected chi connectivity index (χ2v) is 7.51. The molecule has 6 heteroatoms. The van der Waals surface area contributed by atoms with Crippen LogP contribution in [0, 0.1) is 6.92 Å². The second kappa shape index (κ2) is 6.96. The molecule has 1 amide bonds. The third-order valence-corrected chi connectivity index (χ3v) is 4.64. The predicted molar refractivity (Wildman–Crippen MR) is 98.6 cm³/mol. The predicted octanol–water partition coefficient (Wildman–Crippen LogP) is 1.70. The van der Waals surface area contributed by atoms with Gasteiger partial charge in [0.1, 0.15) is 6.54 Å². The van der Waals surface area contributed by atoms with E-state index in [9.17, 15) is 9.59 Å². The molecule has 1 aliphatic rings. The molecule has 3 rings (SSSR count). The Balaban J connectivity index is 1.73. The Morgan fingerprint density at radius 3 is 2.52 bits per heavy atom. The summed E-state index contributed by atoms with van der Waals surface area (Å²) in [6.07, 6.45) is 2.44. The van der Waals surface area contributed by atoms with Gasteiger partial charge in [0.15, 0.2) is 0 Å². The first-order chi connectivity index (χ1) is 11.9. The minimum atomic E-state index is -0.336. The van der Waals surface area contributed by atoms with Gasteiger partial charge in [-0.2, -0.15) is 5.10 Å². The van der Waals surface area contributed by atoms with Gasteiger partial charge < -0.3 is 10.2 Å². The van der Waals surface area contributed by atoms with E-state index in [-0.39, 0.29) is 23.6 Å². The Morgan fingerprint density at radius 2 is 1.84 bits per heavy atom. The quantitative estimate of drug-likeness (QED) is 0.898. The van der Waals surface area contributed by atoms with Gasteiger partial charge in [-0.1, -0.05) is 18.2 Å². The molecule has 0 spiro atoms. The minimum Gasteiger partial charge on any atom is -0.348 e. The zero-order valence-electron chi connectivity index (χ0n) is 15.2. The van der Waals surface area contributed by atoms with E-state index in [4.69, 9.17) is 0 Å². The molecule has 1 fully saturated rings. The number of hydrogen-bond acceptors (Lipinski definition) is 4. The van der Waals surface area contributed by atoms with Crippen molar-refractivity contribution in [1.82, 2.24) is 20.0 Å². The summed E-state index contributed by atoms with van der Waals surface area (Å²) >= 11 is 0. The first-order valence-electron chi connectivity index (χ1n) is 8.85. The van der Waals surface area contributed by atoms with Crippen molar-refractivity contribution >= 4 is 16.7 Å². The first kappa shape index (κ1) is 17.6. The van der Waals surface area contributed by atoms with Gasteiger partial charge >= 0.3 is 0 Å². The summed E-state index contributed by atoms with van der Waals surface area (Å²) in [4.78, 5) is 27.4. The first-order valence-corrected chi connectivity index (χ1v) is 8.85. The third kappa shape index (κ3) is 4.07. The monoisotopic (exact) mass is 342 g/mol. The maximum absolute atomic E-state index is 12.6. The fourth-order valence-electron chi connectivity index (χ4n) is 3.60. The highest BCUT2D eigenvalue weighted by atomic mass is 16.2. The van der Waals surface area contributed by atoms with Crippen LogP contribution >= 0.6 is 0 Å². The second-order valence-electron chi connectivity index (χ2n) is 7.51. The van der Waals surface area contributed by atoms with Crippen molar-refractivity contribution in [3.05, 3.63) is 40.3 Å². The molecular weight excluding hydrogens is 316 g/mol. The molecule has 0 radical (unpaired) electrons. The number of likely N-dealkylation sites (tertiary alicyclic amines) is 1. The molecule has 2 heterocycles. The van der Waals surface area contributed by atoms with Gasteiger partial charge in [-0.05, 0) is 52.8 Å². The van der Waals surface area contributed by atoms with E-state index in [1.165, 1.54) is 17.5 Å². The number of nitrogens with one attached hydrogen (secondary N) is 1. The summed E-state index contributed by atoms with van der Waals surface area (Å²) in [7, 11) is 0. The average molecular weight is 342 g/mol. The van der Waals surface area contributed by atoms with Crippen LogP contribution in [0.2, 0.25) is 0 Å². The molecule has 0 bridgehead atoms. The molecule has 134 valence electrons. The van der Waals surface area contributed by atoms with Gasteiger partial charge in [-0.15, -0.1) is 0 Å².